The van der Waals surface area contributed by atoms with Gasteiger partial charge in [0.15, 0.2) is 0 Å². The second-order valence-electron chi connectivity index (χ2n) is 2.57. The highest BCUT2D eigenvalue weighted by Crippen LogP contribution is 1.99. The van der Waals surface area contributed by atoms with Crippen LogP contribution >= 0.6 is 0 Å². The molecule has 0 spiro atoms. The number of rotatable bonds is 3. The largest absolute Gasteiger partial charge is 0.452 e. The maximum absolute atomic E-state index is 8.46. The average Bonchev–Trinajstić information content (AvgIpc) is 1.65. The second-order valence-corrected chi connectivity index (χ2v) is 2.57. The van der Waals surface area contributed by atoms with E-state index in [2.05, 4.69) is 13.8 Å². The van der Waals surface area contributed by atoms with E-state index in [1.165, 1.54) is 0 Å². The van der Waals surface area contributed by atoms with Gasteiger partial charge in [-0.05, 0) is 12.3 Å². The van der Waals surface area contributed by atoms with Crippen LogP contribution in [0.5, 0.6) is 0 Å². The van der Waals surface area contributed by atoms with Gasteiger partial charge < -0.3 is 10.8 Å². The van der Waals surface area contributed by atoms with Crippen LogP contribution in [0.2, 0.25) is 0 Å². The van der Waals surface area contributed by atoms with Gasteiger partial charge in [0.25, 0.3) is 7.48 Å². The van der Waals surface area contributed by atoms with E-state index in [0.29, 0.717) is 5.92 Å². The van der Waals surface area contributed by atoms with Crippen molar-refractivity contribution in [3.63, 3.8) is 0 Å². The van der Waals surface area contributed by atoms with Gasteiger partial charge in [0.05, 0.1) is 0 Å². The maximum atomic E-state index is 8.46. The summed E-state index contributed by atoms with van der Waals surface area (Å²) in [6.07, 6.45) is 0.913. The van der Waals surface area contributed by atoms with Crippen molar-refractivity contribution in [2.24, 2.45) is 11.7 Å². The summed E-state index contributed by atoms with van der Waals surface area (Å²) in [5, 5.41) is 8.46. The lowest BCUT2D eigenvalue weighted by Crippen LogP contribution is -2.28. The third-order valence-electron chi connectivity index (χ3n) is 1.01. The molecule has 3 N–H and O–H groups in total. The normalized spacial score (nSPS) is 14.1. The zero-order chi connectivity index (χ0) is 6.57. The summed E-state index contributed by atoms with van der Waals surface area (Å²) in [7, 11) is 0.109. The lowest BCUT2D eigenvalue weighted by Gasteiger charge is -2.07. The molecule has 0 heterocycles. The van der Waals surface area contributed by atoms with Crippen LogP contribution in [-0.2, 0) is 0 Å². The fourth-order valence-corrected chi connectivity index (χ4v) is 0.680. The minimum absolute atomic E-state index is 0.0185. The van der Waals surface area contributed by atoms with E-state index in [9.17, 15) is 0 Å². The van der Waals surface area contributed by atoms with Gasteiger partial charge in [0.1, 0.15) is 0 Å². The molecule has 0 saturated carbocycles. The molecule has 0 fully saturated rings. The molecule has 2 nitrogen and oxygen atoms in total. The topological polar surface area (TPSA) is 46.2 Å². The molecule has 0 amide bonds. The van der Waals surface area contributed by atoms with Gasteiger partial charge in [-0.2, -0.15) is 0 Å². The monoisotopic (exact) mass is 115 g/mol. The lowest BCUT2D eigenvalue weighted by molar-refractivity contribution is 0.518. The average molecular weight is 115 g/mol. The molecule has 3 heteroatoms. The minimum Gasteiger partial charge on any atom is -0.452 e. The Hall–Kier alpha value is -0.0151. The van der Waals surface area contributed by atoms with Crippen molar-refractivity contribution < 1.29 is 5.02 Å². The molecule has 0 aromatic rings. The van der Waals surface area contributed by atoms with Crippen molar-refractivity contribution in [2.45, 2.75) is 26.2 Å². The lowest BCUT2D eigenvalue weighted by atomic mass is 9.83. The van der Waals surface area contributed by atoms with Crippen molar-refractivity contribution >= 4 is 7.48 Å². The summed E-state index contributed by atoms with van der Waals surface area (Å²) in [5.74, 6) is 0.576. The summed E-state index contributed by atoms with van der Waals surface area (Å²) in [4.78, 5) is 0. The Morgan fingerprint density at radius 2 is 2.12 bits per heavy atom. The number of hydrogen-bond donors (Lipinski definition) is 2. The van der Waals surface area contributed by atoms with Crippen LogP contribution in [-0.4, -0.2) is 18.4 Å². The third kappa shape index (κ3) is 4.15. The molecular formula is C5H14BNO. The number of hydrogen-bond acceptors (Lipinski definition) is 2. The van der Waals surface area contributed by atoms with Crippen molar-refractivity contribution in [2.75, 3.05) is 0 Å². The third-order valence-corrected chi connectivity index (χ3v) is 1.01. The van der Waals surface area contributed by atoms with Gasteiger partial charge in [-0.25, -0.2) is 0 Å². The molecule has 0 aliphatic carbocycles. The molecule has 0 bridgehead atoms. The van der Waals surface area contributed by atoms with Gasteiger partial charge in [0, 0.05) is 5.94 Å². The molecule has 0 unspecified atom stereocenters. The van der Waals surface area contributed by atoms with Crippen LogP contribution in [0.4, 0.5) is 0 Å². The first-order valence-corrected chi connectivity index (χ1v) is 3.03. The smallest absolute Gasteiger partial charge is 0.287 e. The summed E-state index contributed by atoms with van der Waals surface area (Å²) in [6, 6.07) is 0. The van der Waals surface area contributed by atoms with Gasteiger partial charge >= 0.3 is 0 Å². The highest BCUT2D eigenvalue weighted by molar-refractivity contribution is 6.27. The molecule has 0 aliphatic rings. The molecule has 0 radical (unpaired) electrons. The summed E-state index contributed by atoms with van der Waals surface area (Å²) in [5.41, 5.74) is 5.42. The van der Waals surface area contributed by atoms with Crippen LogP contribution in [0.25, 0.3) is 0 Å². The van der Waals surface area contributed by atoms with Crippen molar-refractivity contribution in [3.05, 3.63) is 0 Å². The van der Waals surface area contributed by atoms with Crippen LogP contribution < -0.4 is 5.73 Å². The fraction of sp³-hybridized carbons (Fsp3) is 1.00. The van der Waals surface area contributed by atoms with E-state index >= 15 is 0 Å². The van der Waals surface area contributed by atoms with Gasteiger partial charge in [-0.15, -0.1) is 0 Å². The molecule has 0 aromatic heterocycles. The highest BCUT2D eigenvalue weighted by atomic mass is 16.2. The minimum atomic E-state index is -0.0185. The second kappa shape index (κ2) is 3.92. The van der Waals surface area contributed by atoms with E-state index < -0.39 is 0 Å². The molecule has 48 valence electrons. The van der Waals surface area contributed by atoms with Crippen LogP contribution in [0.15, 0.2) is 0 Å². The van der Waals surface area contributed by atoms with Gasteiger partial charge in [0.2, 0.25) is 0 Å². The quantitative estimate of drug-likeness (QED) is 0.494. The van der Waals surface area contributed by atoms with E-state index in [1.54, 1.807) is 0 Å². The van der Waals surface area contributed by atoms with E-state index in [1.807, 2.05) is 0 Å². The van der Waals surface area contributed by atoms with Crippen molar-refractivity contribution in [1.82, 2.24) is 0 Å². The summed E-state index contributed by atoms with van der Waals surface area (Å²) >= 11 is 0. The van der Waals surface area contributed by atoms with Gasteiger partial charge in [-0.3, -0.25) is 0 Å². The van der Waals surface area contributed by atoms with Crippen LogP contribution in [0.1, 0.15) is 20.3 Å². The van der Waals surface area contributed by atoms with Gasteiger partial charge in [-0.1, -0.05) is 13.8 Å². The predicted molar refractivity (Wildman–Crippen MR) is 36.8 cm³/mol. The van der Waals surface area contributed by atoms with Crippen LogP contribution in [0, 0.1) is 5.92 Å². The fourth-order valence-electron chi connectivity index (χ4n) is 0.680. The number of nitrogens with two attached hydrogens (primary N) is 1. The Kier molecular flexibility index (Phi) is 3.92. The zero-order valence-electron chi connectivity index (χ0n) is 5.59. The summed E-state index contributed by atoms with van der Waals surface area (Å²) < 4.78 is 0. The Labute approximate surface area is 51.4 Å². The highest BCUT2D eigenvalue weighted by Gasteiger charge is 2.03. The zero-order valence-corrected chi connectivity index (χ0v) is 5.59. The molecule has 0 rings (SSSR count). The molecule has 0 saturated heterocycles. The Morgan fingerprint density at radius 1 is 1.62 bits per heavy atom. The van der Waals surface area contributed by atoms with Crippen molar-refractivity contribution in [3.8, 4) is 0 Å². The van der Waals surface area contributed by atoms with E-state index in [0.717, 1.165) is 6.42 Å². The first-order valence-electron chi connectivity index (χ1n) is 3.03. The standard InChI is InChI=1S/C5H14BNO/c1-4(2)3-5(7)6-8/h4-6,8H,3,7H2,1-2H3/t5-/m0/s1. The molecular weight excluding hydrogens is 101 g/mol. The molecule has 0 aromatic carbocycles. The first kappa shape index (κ1) is 7.98. The Bertz CT molecular complexity index is 58.4. The summed E-state index contributed by atoms with van der Waals surface area (Å²) in [6.45, 7) is 4.19. The molecule has 0 aliphatic heterocycles. The SMILES string of the molecule is CC(C)C[C@H](N)BO. The van der Waals surface area contributed by atoms with E-state index in [4.69, 9.17) is 10.8 Å². The molecule has 1 atom stereocenters. The first-order chi connectivity index (χ1) is 3.66. The van der Waals surface area contributed by atoms with E-state index in [-0.39, 0.29) is 13.4 Å². The Morgan fingerprint density at radius 3 is 2.25 bits per heavy atom. The van der Waals surface area contributed by atoms with Crippen molar-refractivity contribution in [1.29, 1.82) is 0 Å². The predicted octanol–water partition coefficient (Wildman–Crippen LogP) is -0.339. The maximum Gasteiger partial charge on any atom is 0.287 e. The Balaban J connectivity index is 3.10. The van der Waals surface area contributed by atoms with Crippen LogP contribution in [0.3, 0.4) is 0 Å². The molecule has 8 heavy (non-hydrogen) atoms.